The number of carbonyl (C=O) groups excluding carboxylic acids is 1. The first-order chi connectivity index (χ1) is 18.8. The zero-order valence-corrected chi connectivity index (χ0v) is 22.3. The highest BCUT2D eigenvalue weighted by molar-refractivity contribution is 6.04. The molecule has 1 saturated carbocycles. The van der Waals surface area contributed by atoms with Crippen molar-refractivity contribution in [2.75, 3.05) is 19.0 Å². The minimum Gasteiger partial charge on any atom is -0.496 e. The molecule has 2 aliphatic rings. The van der Waals surface area contributed by atoms with Crippen molar-refractivity contribution in [3.05, 3.63) is 95.2 Å². The predicted molar refractivity (Wildman–Crippen MR) is 149 cm³/mol. The first kappa shape index (κ1) is 25.6. The number of halogens is 2. The van der Waals surface area contributed by atoms with Gasteiger partial charge in [0.1, 0.15) is 5.75 Å². The summed E-state index contributed by atoms with van der Waals surface area (Å²) in [4.78, 5) is 18.4. The fourth-order valence-corrected chi connectivity index (χ4v) is 6.63. The Morgan fingerprint density at radius 2 is 1.85 bits per heavy atom. The molecule has 1 aliphatic carbocycles. The third-order valence-electron chi connectivity index (χ3n) is 8.55. The van der Waals surface area contributed by atoms with Crippen LogP contribution in [0.2, 0.25) is 0 Å². The van der Waals surface area contributed by atoms with E-state index in [1.165, 1.54) is 0 Å². The Morgan fingerprint density at radius 1 is 1.10 bits per heavy atom. The van der Waals surface area contributed by atoms with Crippen molar-refractivity contribution in [3.8, 4) is 5.75 Å². The molecule has 1 atom stereocenters. The van der Waals surface area contributed by atoms with E-state index in [-0.39, 0.29) is 30.2 Å². The predicted octanol–water partition coefficient (Wildman–Crippen LogP) is 7.49. The van der Waals surface area contributed by atoms with Crippen molar-refractivity contribution in [1.82, 2.24) is 9.88 Å². The standard InChI is InChI=1S/C32H33F2N3O2/c1-21-16-28(39-2)26(25-12-14-35-29(21)25)18-37-15-13-31(19-32(33,34)20-31)17-27(37)22-8-10-24(11-9-22)36-30(38)23-6-4-3-5-7-23/h3-12,14,16,27,35H,13,15,17-20H2,1-2H3,(H,36,38)/t27-/m1/s1. The smallest absolute Gasteiger partial charge is 0.255 e. The molecule has 7 heteroatoms. The molecule has 2 N–H and O–H groups in total. The molecule has 1 saturated heterocycles. The highest BCUT2D eigenvalue weighted by Gasteiger charge is 2.58. The SMILES string of the molecule is COc1cc(C)c2[nH]ccc2c1CN1CCC2(C[C@@H]1c1ccc(NC(=O)c3ccccc3)cc1)CC(F)(F)C2. The molecule has 2 fully saturated rings. The summed E-state index contributed by atoms with van der Waals surface area (Å²) in [5.41, 5.74) is 5.35. The van der Waals surface area contributed by atoms with Crippen molar-refractivity contribution in [2.45, 2.75) is 51.1 Å². The summed E-state index contributed by atoms with van der Waals surface area (Å²) in [6.45, 7) is 3.45. The molecule has 0 bridgehead atoms. The summed E-state index contributed by atoms with van der Waals surface area (Å²) in [7, 11) is 1.69. The van der Waals surface area contributed by atoms with E-state index in [1.54, 1.807) is 19.2 Å². The number of carbonyl (C=O) groups is 1. The summed E-state index contributed by atoms with van der Waals surface area (Å²) >= 11 is 0. The van der Waals surface area contributed by atoms with Gasteiger partial charge in [0.2, 0.25) is 5.92 Å². The first-order valence-corrected chi connectivity index (χ1v) is 13.5. The second-order valence-electron chi connectivity index (χ2n) is 11.2. The molecular formula is C32H33F2N3O2. The number of nitrogens with zero attached hydrogens (tertiary/aromatic N) is 1. The van der Waals surface area contributed by atoms with E-state index in [1.807, 2.05) is 48.7 Å². The third-order valence-corrected chi connectivity index (χ3v) is 8.55. The number of aromatic nitrogens is 1. The summed E-state index contributed by atoms with van der Waals surface area (Å²) in [5, 5.41) is 4.08. The van der Waals surface area contributed by atoms with Crippen LogP contribution in [0.1, 0.15) is 58.8 Å². The number of fused-ring (bicyclic) bond motifs is 1. The number of methoxy groups -OCH3 is 1. The highest BCUT2D eigenvalue weighted by Crippen LogP contribution is 2.60. The Kier molecular flexibility index (Phi) is 6.42. The van der Waals surface area contributed by atoms with Gasteiger partial charge in [-0.2, -0.15) is 0 Å². The lowest BCUT2D eigenvalue weighted by Crippen LogP contribution is -2.53. The number of aryl methyl sites for hydroxylation is 1. The van der Waals surface area contributed by atoms with Gasteiger partial charge in [0.25, 0.3) is 5.91 Å². The van der Waals surface area contributed by atoms with E-state index >= 15 is 0 Å². The van der Waals surface area contributed by atoms with E-state index in [2.05, 4.69) is 34.3 Å². The second kappa shape index (κ2) is 9.79. The molecule has 2 heterocycles. The Hall–Kier alpha value is -3.71. The van der Waals surface area contributed by atoms with Crippen LogP contribution in [0, 0.1) is 12.3 Å². The van der Waals surface area contributed by atoms with Crippen LogP contribution in [0.3, 0.4) is 0 Å². The molecule has 1 aliphatic heterocycles. The van der Waals surface area contributed by atoms with E-state index in [0.717, 1.165) is 46.3 Å². The fourth-order valence-electron chi connectivity index (χ4n) is 6.63. The van der Waals surface area contributed by atoms with Gasteiger partial charge in [-0.3, -0.25) is 9.69 Å². The molecule has 0 radical (unpaired) electrons. The Morgan fingerprint density at radius 3 is 2.54 bits per heavy atom. The molecule has 1 aromatic heterocycles. The van der Waals surface area contributed by atoms with Crippen molar-refractivity contribution in [1.29, 1.82) is 0 Å². The normalized spacial score (nSPS) is 20.1. The van der Waals surface area contributed by atoms with E-state index in [0.29, 0.717) is 24.2 Å². The van der Waals surface area contributed by atoms with Gasteiger partial charge in [0.15, 0.2) is 0 Å². The Bertz CT molecular complexity index is 1490. The quantitative estimate of drug-likeness (QED) is 0.272. The van der Waals surface area contributed by atoms with Crippen LogP contribution in [-0.4, -0.2) is 35.4 Å². The number of ether oxygens (including phenoxy) is 1. The number of amides is 1. The molecule has 4 aromatic rings. The lowest BCUT2D eigenvalue weighted by molar-refractivity contribution is -0.186. The van der Waals surface area contributed by atoms with E-state index in [4.69, 9.17) is 4.74 Å². The summed E-state index contributed by atoms with van der Waals surface area (Å²) in [5.74, 6) is -1.89. The van der Waals surface area contributed by atoms with Crippen LogP contribution in [0.4, 0.5) is 14.5 Å². The molecular weight excluding hydrogens is 496 g/mol. The number of benzene rings is 3. The number of aromatic amines is 1. The number of nitrogens with one attached hydrogen (secondary N) is 2. The summed E-state index contributed by atoms with van der Waals surface area (Å²) in [6, 6.07) is 21.1. The minimum atomic E-state index is -2.56. The molecule has 0 unspecified atom stereocenters. The van der Waals surface area contributed by atoms with Gasteiger partial charge in [-0.05, 0) is 79.3 Å². The highest BCUT2D eigenvalue weighted by atomic mass is 19.3. The zero-order valence-electron chi connectivity index (χ0n) is 22.3. The van der Waals surface area contributed by atoms with Crippen LogP contribution < -0.4 is 10.1 Å². The molecule has 202 valence electrons. The lowest BCUT2D eigenvalue weighted by atomic mass is 9.59. The minimum absolute atomic E-state index is 0.0197. The lowest BCUT2D eigenvalue weighted by Gasteiger charge is -2.54. The van der Waals surface area contributed by atoms with Crippen LogP contribution in [-0.2, 0) is 6.54 Å². The molecule has 5 nitrogen and oxygen atoms in total. The summed E-state index contributed by atoms with van der Waals surface area (Å²) < 4.78 is 33.9. The fraction of sp³-hybridized carbons (Fsp3) is 0.344. The number of H-pyrrole nitrogens is 1. The number of alkyl halides is 2. The van der Waals surface area contributed by atoms with Gasteiger partial charge >= 0.3 is 0 Å². The van der Waals surface area contributed by atoms with Gasteiger partial charge < -0.3 is 15.0 Å². The van der Waals surface area contributed by atoms with Crippen molar-refractivity contribution in [3.63, 3.8) is 0 Å². The molecule has 1 amide bonds. The Labute approximate surface area is 227 Å². The third kappa shape index (κ3) is 4.91. The summed E-state index contributed by atoms with van der Waals surface area (Å²) in [6.07, 6.45) is 3.32. The van der Waals surface area contributed by atoms with Crippen molar-refractivity contribution >= 4 is 22.5 Å². The van der Waals surface area contributed by atoms with E-state index < -0.39 is 5.92 Å². The molecule has 3 aromatic carbocycles. The van der Waals surface area contributed by atoms with Crippen LogP contribution in [0.25, 0.3) is 10.9 Å². The van der Waals surface area contributed by atoms with Crippen LogP contribution >= 0.6 is 0 Å². The second-order valence-corrected chi connectivity index (χ2v) is 11.2. The first-order valence-electron chi connectivity index (χ1n) is 13.5. The van der Waals surface area contributed by atoms with Crippen LogP contribution in [0.5, 0.6) is 5.75 Å². The Balaban J connectivity index is 1.29. The number of likely N-dealkylation sites (tertiary alicyclic amines) is 1. The zero-order chi connectivity index (χ0) is 27.2. The van der Waals surface area contributed by atoms with Gasteiger partial charge in [-0.25, -0.2) is 8.78 Å². The number of anilines is 1. The van der Waals surface area contributed by atoms with Crippen molar-refractivity contribution in [2.24, 2.45) is 5.41 Å². The average molecular weight is 530 g/mol. The van der Waals surface area contributed by atoms with Gasteiger partial charge in [0, 0.05) is 59.3 Å². The van der Waals surface area contributed by atoms with Gasteiger partial charge in [0.05, 0.1) is 7.11 Å². The monoisotopic (exact) mass is 529 g/mol. The maximum Gasteiger partial charge on any atom is 0.255 e. The largest absolute Gasteiger partial charge is 0.496 e. The number of hydrogen-bond acceptors (Lipinski definition) is 3. The number of hydrogen-bond donors (Lipinski definition) is 2. The number of piperidine rings is 1. The number of rotatable bonds is 6. The maximum atomic E-state index is 14.1. The molecule has 6 rings (SSSR count). The molecule has 39 heavy (non-hydrogen) atoms. The van der Waals surface area contributed by atoms with E-state index in [9.17, 15) is 13.6 Å². The average Bonchev–Trinajstić information content (AvgIpc) is 3.42. The maximum absolute atomic E-state index is 14.1. The topological polar surface area (TPSA) is 57.4 Å². The molecule has 1 spiro atoms. The van der Waals surface area contributed by atoms with Gasteiger partial charge in [-0.1, -0.05) is 30.3 Å². The van der Waals surface area contributed by atoms with Crippen LogP contribution in [0.15, 0.2) is 72.9 Å². The van der Waals surface area contributed by atoms with Gasteiger partial charge in [-0.15, -0.1) is 0 Å². The van der Waals surface area contributed by atoms with Crippen molar-refractivity contribution < 1.29 is 18.3 Å².